The molecule has 0 aliphatic heterocycles. The van der Waals surface area contributed by atoms with E-state index in [9.17, 15) is 0 Å². The number of aromatic nitrogens is 3. The highest BCUT2D eigenvalue weighted by molar-refractivity contribution is 7.20. The minimum Gasteiger partial charge on any atom is -0.309 e. The van der Waals surface area contributed by atoms with Crippen molar-refractivity contribution in [3.05, 3.63) is 297 Å². The van der Waals surface area contributed by atoms with E-state index in [4.69, 9.17) is 0 Å². The van der Waals surface area contributed by atoms with Crippen LogP contribution in [0.25, 0.3) is 105 Å². The van der Waals surface area contributed by atoms with E-state index in [1.165, 1.54) is 91.8 Å². The van der Waals surface area contributed by atoms with Crippen LogP contribution in [0, 0.1) is 0 Å². The Morgan fingerprint density at radius 2 is 0.592 bits per heavy atom. The van der Waals surface area contributed by atoms with E-state index in [1.54, 1.807) is 0 Å². The third-order valence-corrected chi connectivity index (χ3v) is 20.7. The minimum atomic E-state index is -2.91. The van der Waals surface area contributed by atoms with E-state index in [-0.39, 0.29) is 0 Å². The number of hydrogen-bond donors (Lipinski definition) is 0. The van der Waals surface area contributed by atoms with E-state index in [0.29, 0.717) is 0 Å². The molecule has 0 bridgehead atoms. The van der Waals surface area contributed by atoms with Gasteiger partial charge in [0, 0.05) is 43.7 Å². The van der Waals surface area contributed by atoms with Gasteiger partial charge in [0.2, 0.25) is 0 Å². The quantitative estimate of drug-likeness (QED) is 0.101. The first-order valence-electron chi connectivity index (χ1n) is 26.3. The summed E-state index contributed by atoms with van der Waals surface area (Å²) in [7, 11) is -2.91. The molecular weight excluding hydrogens is 935 g/mol. The van der Waals surface area contributed by atoms with Gasteiger partial charge < -0.3 is 13.7 Å². The van der Waals surface area contributed by atoms with Crippen LogP contribution < -0.4 is 20.7 Å². The van der Waals surface area contributed by atoms with Gasteiger partial charge in [-0.15, -0.1) is 0 Å². The van der Waals surface area contributed by atoms with Gasteiger partial charge in [0.1, 0.15) is 0 Å². The third-order valence-electron chi connectivity index (χ3n) is 16.0. The van der Waals surface area contributed by atoms with Crippen molar-refractivity contribution in [2.75, 3.05) is 0 Å². The van der Waals surface area contributed by atoms with E-state index in [0.717, 1.165) is 33.7 Å². The summed E-state index contributed by atoms with van der Waals surface area (Å²) in [5.41, 5.74) is 15.2. The zero-order chi connectivity index (χ0) is 50.2. The Morgan fingerprint density at radius 3 is 1.16 bits per heavy atom. The van der Waals surface area contributed by atoms with Crippen molar-refractivity contribution in [2.24, 2.45) is 0 Å². The van der Waals surface area contributed by atoms with Crippen molar-refractivity contribution in [2.45, 2.75) is 0 Å². The molecule has 15 rings (SSSR count). The molecule has 0 saturated heterocycles. The number of fused-ring (bicyclic) bond motifs is 9. The molecule has 0 saturated carbocycles. The Bertz CT molecular complexity index is 4570. The molecule has 76 heavy (non-hydrogen) atoms. The molecule has 0 fully saturated rings. The lowest BCUT2D eigenvalue weighted by molar-refractivity contribution is 1.13. The van der Waals surface area contributed by atoms with Crippen LogP contribution in [0.3, 0.4) is 0 Å². The number of benzene rings is 12. The number of nitrogens with zero attached hydrogens (tertiary/aromatic N) is 3. The Kier molecular flexibility index (Phi) is 10.2. The summed E-state index contributed by atoms with van der Waals surface area (Å²) in [5, 5.41) is 12.8. The lowest BCUT2D eigenvalue weighted by atomic mass is 10.0. The van der Waals surface area contributed by atoms with Crippen molar-refractivity contribution in [1.29, 1.82) is 0 Å². The molecule has 4 heteroatoms. The van der Waals surface area contributed by atoms with Crippen LogP contribution in [0.1, 0.15) is 0 Å². The first-order valence-corrected chi connectivity index (χ1v) is 28.3. The van der Waals surface area contributed by atoms with Gasteiger partial charge in [0.25, 0.3) is 0 Å². The predicted molar refractivity (Wildman–Crippen MR) is 324 cm³/mol. The molecule has 0 amide bonds. The summed E-state index contributed by atoms with van der Waals surface area (Å²) < 4.78 is 7.46. The standard InChI is InChI=1S/C72H49N3Si/c1-5-22-50(23-6-1)52-40-42-58(43-41-52)76(56-26-9-3-10-27-56,57-28-11-4-12-29-57)59-44-45-69-64(49-59)62-32-15-19-36-67(62)75(69)71-39-21-38-70-72(71)63-33-16-20-37-68(63)74(70)55-47-53(51-24-7-2-8-25-51)46-54(48-55)73-65-34-17-13-30-60(65)61-31-14-18-35-66(61)73/h1-49H. The first kappa shape index (κ1) is 43.8. The maximum Gasteiger partial charge on any atom is 0.179 e. The molecule has 12 aromatic carbocycles. The predicted octanol–water partition coefficient (Wildman–Crippen LogP) is 15.7. The van der Waals surface area contributed by atoms with Crippen molar-refractivity contribution in [3.63, 3.8) is 0 Å². The topological polar surface area (TPSA) is 14.8 Å². The van der Waals surface area contributed by atoms with Gasteiger partial charge >= 0.3 is 0 Å². The van der Waals surface area contributed by atoms with E-state index in [1.807, 2.05) is 0 Å². The zero-order valence-electron chi connectivity index (χ0n) is 41.6. The zero-order valence-corrected chi connectivity index (χ0v) is 42.6. The van der Waals surface area contributed by atoms with Crippen molar-refractivity contribution in [1.82, 2.24) is 13.7 Å². The van der Waals surface area contributed by atoms with E-state index >= 15 is 0 Å². The van der Waals surface area contributed by atoms with Crippen molar-refractivity contribution in [3.8, 4) is 39.3 Å². The Labute approximate surface area is 442 Å². The maximum atomic E-state index is 2.54. The lowest BCUT2D eigenvalue weighted by Crippen LogP contribution is -2.74. The molecule has 0 spiro atoms. The van der Waals surface area contributed by atoms with Crippen LogP contribution in [0.15, 0.2) is 297 Å². The number of rotatable bonds is 9. The van der Waals surface area contributed by atoms with Gasteiger partial charge in [-0.1, -0.05) is 237 Å². The monoisotopic (exact) mass is 983 g/mol. The summed E-state index contributed by atoms with van der Waals surface area (Å²) in [5.74, 6) is 0. The molecule has 0 radical (unpaired) electrons. The Hall–Kier alpha value is -9.74. The molecule has 3 aromatic heterocycles. The summed E-state index contributed by atoms with van der Waals surface area (Å²) in [6.07, 6.45) is 0. The number of hydrogen-bond acceptors (Lipinski definition) is 0. The Balaban J connectivity index is 0.973. The van der Waals surface area contributed by atoms with Crippen LogP contribution >= 0.6 is 0 Å². The molecular formula is C72H49N3Si. The molecule has 0 N–H and O–H groups in total. The maximum absolute atomic E-state index is 2.91. The van der Waals surface area contributed by atoms with Gasteiger partial charge in [-0.25, -0.2) is 0 Å². The lowest BCUT2D eigenvalue weighted by Gasteiger charge is -2.34. The second kappa shape index (κ2) is 17.7. The summed E-state index contributed by atoms with van der Waals surface area (Å²) in [4.78, 5) is 0. The van der Waals surface area contributed by atoms with Gasteiger partial charge in [-0.3, -0.25) is 0 Å². The van der Waals surface area contributed by atoms with Crippen molar-refractivity contribution < 1.29 is 0 Å². The Morgan fingerprint density at radius 1 is 0.211 bits per heavy atom. The average Bonchev–Trinajstić information content (AvgIpc) is 4.20. The molecule has 0 aliphatic carbocycles. The molecule has 0 aliphatic rings. The highest BCUT2D eigenvalue weighted by atomic mass is 28.3. The van der Waals surface area contributed by atoms with E-state index in [2.05, 4.69) is 311 Å². The fourth-order valence-electron chi connectivity index (χ4n) is 12.7. The van der Waals surface area contributed by atoms with Crippen LogP contribution in [0.4, 0.5) is 0 Å². The van der Waals surface area contributed by atoms with Gasteiger partial charge in [-0.05, 0) is 104 Å². The average molecular weight is 984 g/mol. The van der Waals surface area contributed by atoms with Crippen LogP contribution in [0.5, 0.6) is 0 Å². The van der Waals surface area contributed by atoms with Gasteiger partial charge in [0.15, 0.2) is 8.07 Å². The summed E-state index contributed by atoms with van der Waals surface area (Å²) in [6.45, 7) is 0. The molecule has 3 heterocycles. The largest absolute Gasteiger partial charge is 0.309 e. The molecule has 0 atom stereocenters. The fraction of sp³-hybridized carbons (Fsp3) is 0. The molecule has 15 aromatic rings. The fourth-order valence-corrected chi connectivity index (χ4v) is 17.4. The molecule has 0 unspecified atom stereocenters. The smallest absolute Gasteiger partial charge is 0.179 e. The van der Waals surface area contributed by atoms with E-state index < -0.39 is 8.07 Å². The second-order valence-electron chi connectivity index (χ2n) is 20.0. The highest BCUT2D eigenvalue weighted by Crippen LogP contribution is 2.42. The van der Waals surface area contributed by atoms with Crippen LogP contribution in [-0.4, -0.2) is 21.8 Å². The van der Waals surface area contributed by atoms with Crippen LogP contribution in [0.2, 0.25) is 0 Å². The van der Waals surface area contributed by atoms with Gasteiger partial charge in [-0.2, -0.15) is 0 Å². The SMILES string of the molecule is c1ccc(-c2ccc([Si](c3ccccc3)(c3ccccc3)c3ccc4c(c3)c3ccccc3n4-c3cccc4c3c3ccccc3n4-c3cc(-c4ccccc4)cc(-n4c5ccccc5c5ccccc54)c3)cc2)cc1. The van der Waals surface area contributed by atoms with Crippen molar-refractivity contribution >= 4 is 94.2 Å². The molecule has 356 valence electrons. The summed E-state index contributed by atoms with van der Waals surface area (Å²) >= 11 is 0. The number of para-hydroxylation sites is 4. The normalized spacial score (nSPS) is 11.9. The highest BCUT2D eigenvalue weighted by Gasteiger charge is 2.42. The van der Waals surface area contributed by atoms with Gasteiger partial charge in [0.05, 0.1) is 38.8 Å². The van der Waals surface area contributed by atoms with Crippen LogP contribution in [-0.2, 0) is 0 Å². The molecule has 3 nitrogen and oxygen atoms in total. The second-order valence-corrected chi connectivity index (χ2v) is 23.8. The third kappa shape index (κ3) is 6.74. The first-order chi connectivity index (χ1) is 37.7. The summed E-state index contributed by atoms with van der Waals surface area (Å²) in [6, 6.07) is 111. The minimum absolute atomic E-state index is 1.10.